The molecule has 1 heterocycles. The highest BCUT2D eigenvalue weighted by molar-refractivity contribution is 6.30. The molecule has 1 aromatic carbocycles. The smallest absolute Gasteiger partial charge is 0.339 e. The molecule has 0 bridgehead atoms. The van der Waals surface area contributed by atoms with Crippen LogP contribution >= 0.6 is 11.6 Å². The highest BCUT2D eigenvalue weighted by atomic mass is 35.5. The van der Waals surface area contributed by atoms with Crippen molar-refractivity contribution in [3.63, 3.8) is 0 Å². The van der Waals surface area contributed by atoms with Gasteiger partial charge in [0.1, 0.15) is 22.8 Å². The fraction of sp³-hybridized carbons (Fsp3) is 0.250. The molecule has 2 aromatic rings. The summed E-state index contributed by atoms with van der Waals surface area (Å²) in [6, 6.07) is 6.13. The zero-order valence-electron chi connectivity index (χ0n) is 12.7. The van der Waals surface area contributed by atoms with Gasteiger partial charge >= 0.3 is 5.97 Å². The number of benzene rings is 1. The third-order valence-electron chi connectivity index (χ3n) is 3.11. The molecule has 2 rings (SSSR count). The first-order valence-electron chi connectivity index (χ1n) is 6.95. The number of aryl methyl sites for hydroxylation is 1. The lowest BCUT2D eigenvalue weighted by atomic mass is 10.2. The molecule has 0 spiro atoms. The summed E-state index contributed by atoms with van der Waals surface area (Å²) in [4.78, 5) is 23.2. The van der Waals surface area contributed by atoms with E-state index in [1.165, 1.54) is 6.07 Å². The Morgan fingerprint density at radius 3 is 2.65 bits per heavy atom. The van der Waals surface area contributed by atoms with E-state index in [1.807, 2.05) is 6.92 Å². The van der Waals surface area contributed by atoms with Gasteiger partial charge in [-0.3, -0.25) is 4.79 Å². The van der Waals surface area contributed by atoms with Crippen molar-refractivity contribution < 1.29 is 23.8 Å². The minimum atomic E-state index is -1.07. The minimum Gasteiger partial charge on any atom is -0.493 e. The Morgan fingerprint density at radius 2 is 2.04 bits per heavy atom. The first-order valence-corrected chi connectivity index (χ1v) is 7.33. The lowest BCUT2D eigenvalue weighted by Crippen LogP contribution is -2.23. The van der Waals surface area contributed by atoms with Crippen molar-refractivity contribution in [2.24, 2.45) is 0 Å². The lowest BCUT2D eigenvalue weighted by molar-refractivity contribution is 0.0694. The molecule has 0 aliphatic heterocycles. The van der Waals surface area contributed by atoms with Crippen molar-refractivity contribution in [1.82, 2.24) is 5.32 Å². The molecule has 23 heavy (non-hydrogen) atoms. The quantitative estimate of drug-likeness (QED) is 0.844. The Kier molecular flexibility index (Phi) is 5.28. The average Bonchev–Trinajstić information content (AvgIpc) is 2.86. The van der Waals surface area contributed by atoms with Crippen LogP contribution in [0.15, 0.2) is 28.7 Å². The second-order valence-electron chi connectivity index (χ2n) is 4.74. The fourth-order valence-corrected chi connectivity index (χ4v) is 2.23. The van der Waals surface area contributed by atoms with Crippen molar-refractivity contribution in [3.8, 4) is 5.75 Å². The molecule has 1 amide bonds. The molecular formula is C16H16ClNO5. The van der Waals surface area contributed by atoms with Crippen LogP contribution in [-0.2, 0) is 6.54 Å². The number of furan rings is 1. The predicted octanol–water partition coefficient (Wildman–Crippen LogP) is 3.27. The van der Waals surface area contributed by atoms with E-state index >= 15 is 0 Å². The predicted molar refractivity (Wildman–Crippen MR) is 84.2 cm³/mol. The van der Waals surface area contributed by atoms with Gasteiger partial charge in [-0.2, -0.15) is 0 Å². The van der Waals surface area contributed by atoms with Gasteiger partial charge in [-0.25, -0.2) is 4.79 Å². The molecule has 0 atom stereocenters. The Hall–Kier alpha value is -2.47. The van der Waals surface area contributed by atoms with Crippen molar-refractivity contribution in [2.75, 3.05) is 6.61 Å². The molecule has 0 saturated heterocycles. The Labute approximate surface area is 138 Å². The maximum atomic E-state index is 12.3. The van der Waals surface area contributed by atoms with E-state index in [4.69, 9.17) is 25.9 Å². The van der Waals surface area contributed by atoms with Crippen molar-refractivity contribution >= 4 is 23.5 Å². The van der Waals surface area contributed by atoms with Gasteiger partial charge < -0.3 is 19.6 Å². The van der Waals surface area contributed by atoms with Gasteiger partial charge in [0.25, 0.3) is 5.91 Å². The summed E-state index contributed by atoms with van der Waals surface area (Å²) < 4.78 is 10.7. The number of carboxylic acids is 1. The highest BCUT2D eigenvalue weighted by Crippen LogP contribution is 2.23. The summed E-state index contributed by atoms with van der Waals surface area (Å²) in [5, 5.41) is 12.1. The average molecular weight is 338 g/mol. The first kappa shape index (κ1) is 16.9. The Morgan fingerprint density at radius 1 is 1.30 bits per heavy atom. The highest BCUT2D eigenvalue weighted by Gasteiger charge is 2.16. The number of hydrogen-bond acceptors (Lipinski definition) is 4. The number of rotatable bonds is 6. The van der Waals surface area contributed by atoms with Crippen LogP contribution in [0.1, 0.15) is 39.2 Å². The number of halogens is 1. The number of nitrogens with one attached hydrogen (secondary N) is 1. The standard InChI is InChI=1S/C16H16ClNO5/c1-3-22-14-6-10(17)4-5-12(14)15(19)18-8-11-7-13(16(20)21)9(2)23-11/h4-7H,3,8H2,1-2H3,(H,18,19)(H,20,21). The van der Waals surface area contributed by atoms with Gasteiger partial charge in [0.05, 0.1) is 18.7 Å². The summed E-state index contributed by atoms with van der Waals surface area (Å²) in [7, 11) is 0. The van der Waals surface area contributed by atoms with E-state index in [2.05, 4.69) is 5.32 Å². The summed E-state index contributed by atoms with van der Waals surface area (Å²) in [5.74, 6) is -0.390. The topological polar surface area (TPSA) is 88.8 Å². The number of hydrogen-bond donors (Lipinski definition) is 2. The van der Waals surface area contributed by atoms with Gasteiger partial charge in [0.2, 0.25) is 0 Å². The number of ether oxygens (including phenoxy) is 1. The van der Waals surface area contributed by atoms with Crippen LogP contribution in [0.4, 0.5) is 0 Å². The summed E-state index contributed by atoms with van der Waals surface area (Å²) in [6.07, 6.45) is 0. The summed E-state index contributed by atoms with van der Waals surface area (Å²) in [5.41, 5.74) is 0.425. The Bertz CT molecular complexity index is 738. The molecule has 6 nitrogen and oxygen atoms in total. The first-order chi connectivity index (χ1) is 10.9. The van der Waals surface area contributed by atoms with Gasteiger partial charge in [0.15, 0.2) is 0 Å². The van der Waals surface area contributed by atoms with E-state index in [1.54, 1.807) is 25.1 Å². The fourth-order valence-electron chi connectivity index (χ4n) is 2.06. The summed E-state index contributed by atoms with van der Waals surface area (Å²) >= 11 is 5.90. The molecular weight excluding hydrogens is 322 g/mol. The number of carbonyl (C=O) groups excluding carboxylic acids is 1. The molecule has 0 unspecified atom stereocenters. The maximum absolute atomic E-state index is 12.3. The molecule has 0 radical (unpaired) electrons. The van der Waals surface area contributed by atoms with Crippen molar-refractivity contribution in [3.05, 3.63) is 51.9 Å². The monoisotopic (exact) mass is 337 g/mol. The van der Waals surface area contributed by atoms with Crippen molar-refractivity contribution in [1.29, 1.82) is 0 Å². The largest absolute Gasteiger partial charge is 0.493 e. The van der Waals surface area contributed by atoms with E-state index in [0.717, 1.165) is 0 Å². The molecule has 7 heteroatoms. The lowest BCUT2D eigenvalue weighted by Gasteiger charge is -2.10. The van der Waals surface area contributed by atoms with Gasteiger partial charge in [-0.15, -0.1) is 0 Å². The van der Waals surface area contributed by atoms with Crippen LogP contribution in [0.25, 0.3) is 0 Å². The van der Waals surface area contributed by atoms with E-state index in [9.17, 15) is 9.59 Å². The van der Waals surface area contributed by atoms with Crippen LogP contribution in [0, 0.1) is 6.92 Å². The van der Waals surface area contributed by atoms with Crippen LogP contribution in [0.5, 0.6) is 5.75 Å². The number of carbonyl (C=O) groups is 2. The van der Waals surface area contributed by atoms with Crippen LogP contribution in [-0.4, -0.2) is 23.6 Å². The zero-order chi connectivity index (χ0) is 17.0. The SMILES string of the molecule is CCOc1cc(Cl)ccc1C(=O)NCc1cc(C(=O)O)c(C)o1. The molecule has 0 aliphatic carbocycles. The van der Waals surface area contributed by atoms with Crippen molar-refractivity contribution in [2.45, 2.75) is 20.4 Å². The second kappa shape index (κ2) is 7.19. The van der Waals surface area contributed by atoms with E-state index < -0.39 is 5.97 Å². The van der Waals surface area contributed by atoms with E-state index in [0.29, 0.717) is 34.5 Å². The van der Waals surface area contributed by atoms with Crippen LogP contribution < -0.4 is 10.1 Å². The van der Waals surface area contributed by atoms with E-state index in [-0.39, 0.29) is 18.0 Å². The third-order valence-corrected chi connectivity index (χ3v) is 3.35. The number of aromatic carboxylic acids is 1. The molecule has 122 valence electrons. The van der Waals surface area contributed by atoms with Crippen LogP contribution in [0.3, 0.4) is 0 Å². The van der Waals surface area contributed by atoms with Crippen LogP contribution in [0.2, 0.25) is 5.02 Å². The molecule has 0 aliphatic rings. The summed E-state index contributed by atoms with van der Waals surface area (Å²) in [6.45, 7) is 3.84. The normalized spacial score (nSPS) is 10.4. The Balaban J connectivity index is 2.11. The zero-order valence-corrected chi connectivity index (χ0v) is 13.4. The third kappa shape index (κ3) is 4.04. The second-order valence-corrected chi connectivity index (χ2v) is 5.18. The van der Waals surface area contributed by atoms with Gasteiger partial charge in [-0.05, 0) is 38.1 Å². The molecule has 0 fully saturated rings. The molecule has 2 N–H and O–H groups in total. The molecule has 1 aromatic heterocycles. The van der Waals surface area contributed by atoms with Gasteiger partial charge in [-0.1, -0.05) is 11.6 Å². The maximum Gasteiger partial charge on any atom is 0.339 e. The minimum absolute atomic E-state index is 0.0706. The number of carboxylic acid groups (broad SMARTS) is 1. The molecule has 0 saturated carbocycles. The number of amides is 1. The van der Waals surface area contributed by atoms with Gasteiger partial charge in [0, 0.05) is 5.02 Å².